The van der Waals surface area contributed by atoms with E-state index in [4.69, 9.17) is 0 Å². The van der Waals surface area contributed by atoms with Crippen molar-refractivity contribution in [2.45, 2.75) is 39.0 Å². The van der Waals surface area contributed by atoms with Gasteiger partial charge in [0.1, 0.15) is 5.75 Å². The van der Waals surface area contributed by atoms with Crippen molar-refractivity contribution in [2.24, 2.45) is 0 Å². The fourth-order valence-electron chi connectivity index (χ4n) is 2.34. The second kappa shape index (κ2) is 7.63. The van der Waals surface area contributed by atoms with E-state index in [-0.39, 0.29) is 11.5 Å². The molecule has 0 amide bonds. The van der Waals surface area contributed by atoms with E-state index in [9.17, 15) is 9.90 Å². The Bertz CT molecular complexity index is 568. The fraction of sp³-hybridized carbons (Fsp3) is 0.316. The van der Waals surface area contributed by atoms with Crippen LogP contribution in [-0.2, 0) is 12.8 Å². The van der Waals surface area contributed by atoms with E-state index >= 15 is 0 Å². The van der Waals surface area contributed by atoms with Gasteiger partial charge in [0.25, 0.3) is 0 Å². The summed E-state index contributed by atoms with van der Waals surface area (Å²) >= 11 is 0. The molecule has 0 unspecified atom stereocenters. The zero-order chi connectivity index (χ0) is 15.1. The number of phenols is 1. The van der Waals surface area contributed by atoms with Gasteiger partial charge in [-0.25, -0.2) is 0 Å². The minimum Gasteiger partial charge on any atom is -0.508 e. The SMILES string of the molecule is CCCCCc1ccc(CC(=O)c2ccc(O)cc2)cc1. The number of unbranched alkanes of at least 4 members (excludes halogenated alkanes) is 2. The molecule has 21 heavy (non-hydrogen) atoms. The lowest BCUT2D eigenvalue weighted by molar-refractivity contribution is 0.0993. The summed E-state index contributed by atoms with van der Waals surface area (Å²) in [4.78, 5) is 12.1. The molecule has 0 spiro atoms. The van der Waals surface area contributed by atoms with E-state index in [1.807, 2.05) is 12.1 Å². The number of carbonyl (C=O) groups is 1. The molecule has 0 saturated carbocycles. The number of carbonyl (C=O) groups excluding carboxylic acids is 1. The number of ketones is 1. The normalized spacial score (nSPS) is 10.5. The Morgan fingerprint density at radius 1 is 0.905 bits per heavy atom. The van der Waals surface area contributed by atoms with Gasteiger partial charge in [0.15, 0.2) is 5.78 Å². The Morgan fingerprint density at radius 3 is 2.14 bits per heavy atom. The lowest BCUT2D eigenvalue weighted by Crippen LogP contribution is -2.03. The molecule has 0 aliphatic carbocycles. The minimum absolute atomic E-state index is 0.0775. The first-order valence-electron chi connectivity index (χ1n) is 7.59. The van der Waals surface area contributed by atoms with Gasteiger partial charge in [0.2, 0.25) is 0 Å². The highest BCUT2D eigenvalue weighted by Gasteiger charge is 2.07. The highest BCUT2D eigenvalue weighted by atomic mass is 16.3. The highest BCUT2D eigenvalue weighted by molar-refractivity contribution is 5.97. The van der Waals surface area contributed by atoms with Crippen LogP contribution < -0.4 is 0 Å². The summed E-state index contributed by atoms with van der Waals surface area (Å²) < 4.78 is 0. The van der Waals surface area contributed by atoms with Gasteiger partial charge in [-0.05, 0) is 48.2 Å². The summed E-state index contributed by atoms with van der Waals surface area (Å²) in [5.74, 6) is 0.261. The maximum Gasteiger partial charge on any atom is 0.167 e. The maximum atomic E-state index is 12.1. The van der Waals surface area contributed by atoms with E-state index < -0.39 is 0 Å². The summed E-state index contributed by atoms with van der Waals surface area (Å²) in [5.41, 5.74) is 3.01. The standard InChI is InChI=1S/C19H22O2/c1-2-3-4-5-15-6-8-16(9-7-15)14-19(21)17-10-12-18(20)13-11-17/h6-13,20H,2-5,14H2,1H3. The highest BCUT2D eigenvalue weighted by Crippen LogP contribution is 2.14. The van der Waals surface area contributed by atoms with Crippen LogP contribution >= 0.6 is 0 Å². The lowest BCUT2D eigenvalue weighted by Gasteiger charge is -2.04. The van der Waals surface area contributed by atoms with Crippen LogP contribution in [0.1, 0.15) is 47.7 Å². The Morgan fingerprint density at radius 2 is 1.52 bits per heavy atom. The lowest BCUT2D eigenvalue weighted by atomic mass is 10.0. The third kappa shape index (κ3) is 4.75. The van der Waals surface area contributed by atoms with Crippen molar-refractivity contribution in [1.82, 2.24) is 0 Å². The van der Waals surface area contributed by atoms with Crippen molar-refractivity contribution < 1.29 is 9.90 Å². The number of aromatic hydroxyl groups is 1. The van der Waals surface area contributed by atoms with Crippen LogP contribution in [0.15, 0.2) is 48.5 Å². The van der Waals surface area contributed by atoms with E-state index in [0.29, 0.717) is 12.0 Å². The molecule has 0 aliphatic rings. The Labute approximate surface area is 126 Å². The number of phenolic OH excluding ortho intramolecular Hbond substituents is 1. The van der Waals surface area contributed by atoms with Gasteiger partial charge < -0.3 is 5.11 Å². The van der Waals surface area contributed by atoms with Crippen LogP contribution in [0, 0.1) is 0 Å². The Hall–Kier alpha value is -2.09. The average molecular weight is 282 g/mol. The molecule has 0 fully saturated rings. The molecule has 0 bridgehead atoms. The van der Waals surface area contributed by atoms with Crippen LogP contribution in [0.5, 0.6) is 5.75 Å². The molecule has 1 N–H and O–H groups in total. The fourth-order valence-corrected chi connectivity index (χ4v) is 2.34. The van der Waals surface area contributed by atoms with E-state index in [0.717, 1.165) is 12.0 Å². The third-order valence-electron chi connectivity index (χ3n) is 3.65. The summed E-state index contributed by atoms with van der Waals surface area (Å²) in [6.07, 6.45) is 5.24. The van der Waals surface area contributed by atoms with Crippen molar-refractivity contribution in [1.29, 1.82) is 0 Å². The van der Waals surface area contributed by atoms with Crippen molar-refractivity contribution in [3.8, 4) is 5.75 Å². The number of benzene rings is 2. The van der Waals surface area contributed by atoms with Gasteiger partial charge in [0.05, 0.1) is 0 Å². The molecule has 0 radical (unpaired) electrons. The van der Waals surface area contributed by atoms with Crippen LogP contribution in [-0.4, -0.2) is 10.9 Å². The van der Waals surface area contributed by atoms with Crippen molar-refractivity contribution in [2.75, 3.05) is 0 Å². The van der Waals surface area contributed by atoms with Crippen LogP contribution in [0.2, 0.25) is 0 Å². The number of hydrogen-bond donors (Lipinski definition) is 1. The molecule has 0 heterocycles. The van der Waals surface area contributed by atoms with Gasteiger partial charge in [-0.1, -0.05) is 44.0 Å². The van der Waals surface area contributed by atoms with Crippen LogP contribution in [0.25, 0.3) is 0 Å². The molecule has 0 saturated heterocycles. The zero-order valence-corrected chi connectivity index (χ0v) is 12.5. The summed E-state index contributed by atoms with van der Waals surface area (Å²) in [7, 11) is 0. The molecule has 2 heteroatoms. The first-order valence-corrected chi connectivity index (χ1v) is 7.59. The van der Waals surface area contributed by atoms with Crippen molar-refractivity contribution >= 4 is 5.78 Å². The smallest absolute Gasteiger partial charge is 0.167 e. The number of rotatable bonds is 7. The Kier molecular flexibility index (Phi) is 5.56. The van der Waals surface area contributed by atoms with Gasteiger partial charge in [-0.15, -0.1) is 0 Å². The second-order valence-electron chi connectivity index (χ2n) is 5.42. The molecular weight excluding hydrogens is 260 g/mol. The second-order valence-corrected chi connectivity index (χ2v) is 5.42. The number of Topliss-reactive ketones (excluding diaryl/α,β-unsaturated/α-hetero) is 1. The van der Waals surface area contributed by atoms with Crippen molar-refractivity contribution in [3.63, 3.8) is 0 Å². The average Bonchev–Trinajstić information content (AvgIpc) is 2.50. The maximum absolute atomic E-state index is 12.1. The molecule has 0 atom stereocenters. The van der Waals surface area contributed by atoms with Gasteiger partial charge >= 0.3 is 0 Å². The van der Waals surface area contributed by atoms with Gasteiger partial charge in [-0.2, -0.15) is 0 Å². The van der Waals surface area contributed by atoms with Crippen LogP contribution in [0.3, 0.4) is 0 Å². The molecule has 0 aromatic heterocycles. The Balaban J connectivity index is 1.93. The monoisotopic (exact) mass is 282 g/mol. The van der Waals surface area contributed by atoms with E-state index in [1.165, 1.54) is 24.8 Å². The quantitative estimate of drug-likeness (QED) is 0.597. The first-order chi connectivity index (χ1) is 10.2. The molecule has 2 aromatic carbocycles. The number of aryl methyl sites for hydroxylation is 1. The molecule has 0 aliphatic heterocycles. The van der Waals surface area contributed by atoms with Gasteiger partial charge in [-0.3, -0.25) is 4.79 Å². The minimum atomic E-state index is 0.0775. The van der Waals surface area contributed by atoms with E-state index in [2.05, 4.69) is 19.1 Å². The molecule has 2 aromatic rings. The van der Waals surface area contributed by atoms with Gasteiger partial charge in [0, 0.05) is 12.0 Å². The zero-order valence-electron chi connectivity index (χ0n) is 12.5. The largest absolute Gasteiger partial charge is 0.508 e. The molecule has 2 nitrogen and oxygen atoms in total. The predicted octanol–water partition coefficient (Wildman–Crippen LogP) is 4.55. The molecule has 2 rings (SSSR count). The molecule has 110 valence electrons. The van der Waals surface area contributed by atoms with Crippen molar-refractivity contribution in [3.05, 3.63) is 65.2 Å². The summed E-state index contributed by atoms with van der Waals surface area (Å²) in [6, 6.07) is 14.7. The molecular formula is C19H22O2. The third-order valence-corrected chi connectivity index (χ3v) is 3.65. The summed E-state index contributed by atoms with van der Waals surface area (Å²) in [6.45, 7) is 2.21. The van der Waals surface area contributed by atoms with Crippen LogP contribution in [0.4, 0.5) is 0 Å². The van der Waals surface area contributed by atoms with E-state index in [1.54, 1.807) is 24.3 Å². The topological polar surface area (TPSA) is 37.3 Å². The summed E-state index contributed by atoms with van der Waals surface area (Å²) in [5, 5.41) is 9.24. The number of hydrogen-bond acceptors (Lipinski definition) is 2. The predicted molar refractivity (Wildman–Crippen MR) is 85.8 cm³/mol. The first kappa shape index (κ1) is 15.3.